The predicted octanol–water partition coefficient (Wildman–Crippen LogP) is 2.64. The van der Waals surface area contributed by atoms with Crippen LogP contribution in [0.3, 0.4) is 0 Å². The molecule has 4 nitrogen and oxygen atoms in total. The van der Waals surface area contributed by atoms with Crippen molar-refractivity contribution < 1.29 is 9.18 Å². The Kier molecular flexibility index (Phi) is 3.73. The van der Waals surface area contributed by atoms with E-state index in [1.807, 2.05) is 6.20 Å². The Bertz CT molecular complexity index is 661. The number of aryl methyl sites for hydroxylation is 1. The fourth-order valence-electron chi connectivity index (χ4n) is 2.34. The van der Waals surface area contributed by atoms with Gasteiger partial charge < -0.3 is 9.88 Å². The number of rotatable bonds is 5. The summed E-state index contributed by atoms with van der Waals surface area (Å²) in [4.78, 5) is 16.3. The number of aromatic nitrogens is 2. The summed E-state index contributed by atoms with van der Waals surface area (Å²) in [5, 5.41) is 2.82. The number of halogens is 1. The van der Waals surface area contributed by atoms with Gasteiger partial charge in [-0.15, -0.1) is 0 Å². The molecule has 3 rings (SSSR count). The summed E-state index contributed by atoms with van der Waals surface area (Å²) in [5.74, 6) is 1.09. The second-order valence-electron chi connectivity index (χ2n) is 5.47. The average Bonchev–Trinajstić information content (AvgIpc) is 3.21. The van der Waals surface area contributed by atoms with Crippen LogP contribution in [-0.4, -0.2) is 22.0 Å². The molecule has 0 spiro atoms. The molecule has 1 aliphatic rings. The van der Waals surface area contributed by atoms with Crippen LogP contribution in [0.25, 0.3) is 0 Å². The molecule has 1 N–H and O–H groups in total. The molecule has 0 aliphatic heterocycles. The zero-order valence-electron chi connectivity index (χ0n) is 12.0. The number of carbonyl (C=O) groups is 1. The molecule has 21 heavy (non-hydrogen) atoms. The van der Waals surface area contributed by atoms with Crippen molar-refractivity contribution in [1.82, 2.24) is 14.9 Å². The molecule has 0 atom stereocenters. The molecule has 1 amide bonds. The molecule has 1 aromatic heterocycles. The fourth-order valence-corrected chi connectivity index (χ4v) is 2.34. The molecule has 1 fully saturated rings. The third kappa shape index (κ3) is 3.12. The molecule has 1 aliphatic carbocycles. The van der Waals surface area contributed by atoms with E-state index in [-0.39, 0.29) is 11.7 Å². The number of benzene rings is 1. The lowest BCUT2D eigenvalue weighted by Gasteiger charge is -2.09. The number of amides is 1. The van der Waals surface area contributed by atoms with E-state index in [1.165, 1.54) is 18.9 Å². The molecule has 5 heteroatoms. The van der Waals surface area contributed by atoms with Crippen molar-refractivity contribution in [3.8, 4) is 0 Å². The van der Waals surface area contributed by atoms with Crippen LogP contribution in [0.15, 0.2) is 30.6 Å². The maximum absolute atomic E-state index is 13.4. The molecule has 1 heterocycles. The van der Waals surface area contributed by atoms with Crippen LogP contribution in [0, 0.1) is 12.7 Å². The smallest absolute Gasteiger partial charge is 0.251 e. The number of hydrogen-bond acceptors (Lipinski definition) is 2. The SMILES string of the molecule is Cc1ccc(C(=O)NCCn2ccnc2C2CC2)cc1F. The predicted molar refractivity (Wildman–Crippen MR) is 77.7 cm³/mol. The highest BCUT2D eigenvalue weighted by atomic mass is 19.1. The zero-order chi connectivity index (χ0) is 14.8. The minimum Gasteiger partial charge on any atom is -0.350 e. The van der Waals surface area contributed by atoms with Gasteiger partial charge in [0.1, 0.15) is 11.6 Å². The minimum atomic E-state index is -0.353. The Labute approximate surface area is 123 Å². The van der Waals surface area contributed by atoms with Gasteiger partial charge in [-0.05, 0) is 37.5 Å². The highest BCUT2D eigenvalue weighted by molar-refractivity contribution is 5.94. The van der Waals surface area contributed by atoms with E-state index in [4.69, 9.17) is 0 Å². The number of nitrogens with zero attached hydrogens (tertiary/aromatic N) is 2. The zero-order valence-corrected chi connectivity index (χ0v) is 12.0. The second-order valence-corrected chi connectivity index (χ2v) is 5.47. The third-order valence-corrected chi connectivity index (χ3v) is 3.76. The first-order valence-electron chi connectivity index (χ1n) is 7.20. The van der Waals surface area contributed by atoms with Gasteiger partial charge in [-0.2, -0.15) is 0 Å². The molecular formula is C16H18FN3O. The highest BCUT2D eigenvalue weighted by Crippen LogP contribution is 2.38. The molecule has 0 bridgehead atoms. The quantitative estimate of drug-likeness (QED) is 0.919. The average molecular weight is 287 g/mol. The van der Waals surface area contributed by atoms with Crippen molar-refractivity contribution in [3.63, 3.8) is 0 Å². The van der Waals surface area contributed by atoms with Crippen LogP contribution in [0.5, 0.6) is 0 Å². The summed E-state index contributed by atoms with van der Waals surface area (Å²) in [6, 6.07) is 4.53. The number of imidazole rings is 1. The first-order chi connectivity index (χ1) is 10.1. The van der Waals surface area contributed by atoms with Crippen LogP contribution in [-0.2, 0) is 6.54 Å². The standard InChI is InChI=1S/C16H18FN3O/c1-11-2-3-13(10-14(11)17)16(21)19-7-9-20-8-6-18-15(20)12-4-5-12/h2-3,6,8,10,12H,4-5,7,9H2,1H3,(H,19,21). The van der Waals surface area contributed by atoms with E-state index < -0.39 is 0 Å². The molecule has 110 valence electrons. The summed E-state index contributed by atoms with van der Waals surface area (Å²) in [6.07, 6.45) is 6.13. The molecule has 1 aromatic carbocycles. The second kappa shape index (κ2) is 5.68. The molecule has 0 unspecified atom stereocenters. The molecular weight excluding hydrogens is 269 g/mol. The number of nitrogens with one attached hydrogen (secondary N) is 1. The van der Waals surface area contributed by atoms with E-state index in [2.05, 4.69) is 14.9 Å². The van der Waals surface area contributed by atoms with Crippen molar-refractivity contribution in [2.45, 2.75) is 32.2 Å². The molecule has 1 saturated carbocycles. The summed E-state index contributed by atoms with van der Waals surface area (Å²) in [6.45, 7) is 2.87. The van der Waals surface area contributed by atoms with Crippen LogP contribution >= 0.6 is 0 Å². The van der Waals surface area contributed by atoms with Crippen LogP contribution in [0.1, 0.15) is 40.5 Å². The normalized spacial score (nSPS) is 14.2. The van der Waals surface area contributed by atoms with E-state index in [9.17, 15) is 9.18 Å². The van der Waals surface area contributed by atoms with Gasteiger partial charge in [0.25, 0.3) is 5.91 Å². The van der Waals surface area contributed by atoms with Gasteiger partial charge in [0, 0.05) is 37.0 Å². The van der Waals surface area contributed by atoms with Crippen LogP contribution in [0.2, 0.25) is 0 Å². The van der Waals surface area contributed by atoms with Gasteiger partial charge in [0.15, 0.2) is 0 Å². The van der Waals surface area contributed by atoms with Crippen molar-refractivity contribution in [1.29, 1.82) is 0 Å². The lowest BCUT2D eigenvalue weighted by molar-refractivity contribution is 0.0951. The van der Waals surface area contributed by atoms with Gasteiger partial charge in [-0.3, -0.25) is 4.79 Å². The van der Waals surface area contributed by atoms with E-state index >= 15 is 0 Å². The summed E-state index contributed by atoms with van der Waals surface area (Å²) >= 11 is 0. The molecule has 0 radical (unpaired) electrons. The highest BCUT2D eigenvalue weighted by Gasteiger charge is 2.27. The van der Waals surface area contributed by atoms with E-state index in [0.29, 0.717) is 30.1 Å². The Hall–Kier alpha value is -2.17. The Balaban J connectivity index is 1.56. The molecule has 2 aromatic rings. The largest absolute Gasteiger partial charge is 0.350 e. The van der Waals surface area contributed by atoms with Crippen LogP contribution < -0.4 is 5.32 Å². The fraction of sp³-hybridized carbons (Fsp3) is 0.375. The number of hydrogen-bond donors (Lipinski definition) is 1. The topological polar surface area (TPSA) is 46.9 Å². The van der Waals surface area contributed by atoms with Crippen molar-refractivity contribution in [2.75, 3.05) is 6.54 Å². The van der Waals surface area contributed by atoms with Gasteiger partial charge in [0.05, 0.1) is 0 Å². The molecule has 0 saturated heterocycles. The number of carbonyl (C=O) groups excluding carboxylic acids is 1. The lowest BCUT2D eigenvalue weighted by Crippen LogP contribution is -2.27. The van der Waals surface area contributed by atoms with Crippen molar-refractivity contribution in [3.05, 3.63) is 53.4 Å². The minimum absolute atomic E-state index is 0.248. The lowest BCUT2D eigenvalue weighted by atomic mass is 10.1. The summed E-state index contributed by atoms with van der Waals surface area (Å²) in [7, 11) is 0. The Morgan fingerprint density at radius 1 is 1.48 bits per heavy atom. The summed E-state index contributed by atoms with van der Waals surface area (Å²) in [5.41, 5.74) is 0.894. The Morgan fingerprint density at radius 2 is 2.29 bits per heavy atom. The van der Waals surface area contributed by atoms with Gasteiger partial charge in [-0.1, -0.05) is 6.07 Å². The monoisotopic (exact) mass is 287 g/mol. The maximum atomic E-state index is 13.4. The van der Waals surface area contributed by atoms with E-state index in [1.54, 1.807) is 25.3 Å². The first-order valence-corrected chi connectivity index (χ1v) is 7.20. The van der Waals surface area contributed by atoms with Crippen molar-refractivity contribution >= 4 is 5.91 Å². The summed E-state index contributed by atoms with van der Waals surface area (Å²) < 4.78 is 15.5. The van der Waals surface area contributed by atoms with E-state index in [0.717, 1.165) is 5.82 Å². The maximum Gasteiger partial charge on any atom is 0.251 e. The van der Waals surface area contributed by atoms with Gasteiger partial charge >= 0.3 is 0 Å². The Morgan fingerprint density at radius 3 is 3.00 bits per heavy atom. The first kappa shape index (κ1) is 13.8. The van der Waals surface area contributed by atoms with Crippen LogP contribution in [0.4, 0.5) is 4.39 Å². The van der Waals surface area contributed by atoms with Crippen molar-refractivity contribution in [2.24, 2.45) is 0 Å². The third-order valence-electron chi connectivity index (χ3n) is 3.76. The van der Waals surface area contributed by atoms with Gasteiger partial charge in [0.2, 0.25) is 0 Å². The van der Waals surface area contributed by atoms with Gasteiger partial charge in [-0.25, -0.2) is 9.37 Å².